The van der Waals surface area contributed by atoms with Crippen LogP contribution in [0.1, 0.15) is 30.9 Å². The molecule has 5 rings (SSSR count). The van der Waals surface area contributed by atoms with Gasteiger partial charge in [-0.25, -0.2) is 0 Å². The van der Waals surface area contributed by atoms with Crippen molar-refractivity contribution in [3.8, 4) is 0 Å². The highest BCUT2D eigenvalue weighted by Gasteiger charge is 2.35. The Morgan fingerprint density at radius 2 is 2.07 bits per heavy atom. The second-order valence-corrected chi connectivity index (χ2v) is 8.49. The van der Waals surface area contributed by atoms with Crippen LogP contribution in [-0.4, -0.2) is 64.3 Å². The molecule has 0 bridgehead atoms. The number of aromatic nitrogens is 2. The summed E-state index contributed by atoms with van der Waals surface area (Å²) in [5.74, 6) is 0. The number of benzene rings is 1. The molecule has 2 aromatic rings. The molecule has 1 aromatic carbocycles. The predicted octanol–water partition coefficient (Wildman–Crippen LogP) is 2.87. The molecule has 2 unspecified atom stereocenters. The first-order valence-electron chi connectivity index (χ1n) is 9.93. The Hall–Kier alpha value is -2.09. The molecular weight excluding hydrogens is 376 g/mol. The second-order valence-electron chi connectivity index (χ2n) is 8.08. The molecule has 3 fully saturated rings. The van der Waals surface area contributed by atoms with Crippen molar-refractivity contribution in [3.05, 3.63) is 35.1 Å². The van der Waals surface area contributed by atoms with Crippen LogP contribution in [0.5, 0.6) is 0 Å². The molecule has 1 aliphatic carbocycles. The molecule has 0 radical (unpaired) electrons. The Bertz CT molecular complexity index is 895. The molecule has 2 aliphatic heterocycles. The summed E-state index contributed by atoms with van der Waals surface area (Å²) in [6, 6.07) is 4.80. The zero-order valence-electron chi connectivity index (χ0n) is 15.7. The third-order valence-electron chi connectivity index (χ3n) is 6.01. The highest BCUT2D eigenvalue weighted by Crippen LogP contribution is 2.37. The number of halogens is 1. The normalized spacial score (nSPS) is 25.0. The number of nitrogens with one attached hydrogen (secondary N) is 2. The lowest BCUT2D eigenvalue weighted by Crippen LogP contribution is -2.50. The van der Waals surface area contributed by atoms with Crippen LogP contribution < -0.4 is 10.2 Å². The number of hydrogen-bond donors (Lipinski definition) is 3. The third kappa shape index (κ3) is 3.38. The van der Waals surface area contributed by atoms with Gasteiger partial charge in [-0.2, -0.15) is 5.10 Å². The van der Waals surface area contributed by atoms with Gasteiger partial charge >= 0.3 is 0 Å². The molecule has 28 heavy (non-hydrogen) atoms. The van der Waals surface area contributed by atoms with Crippen molar-refractivity contribution in [3.63, 3.8) is 0 Å². The molecule has 148 valence electrons. The smallest absolute Gasteiger partial charge is 0.0770 e. The first kappa shape index (κ1) is 18.0. The van der Waals surface area contributed by atoms with E-state index in [0.717, 1.165) is 55.2 Å². The zero-order valence-corrected chi connectivity index (χ0v) is 16.4. The lowest BCUT2D eigenvalue weighted by atomic mass is 10.1. The van der Waals surface area contributed by atoms with E-state index >= 15 is 0 Å². The number of piperazine rings is 1. The van der Waals surface area contributed by atoms with Crippen LogP contribution in [0.25, 0.3) is 0 Å². The van der Waals surface area contributed by atoms with Crippen LogP contribution in [0.15, 0.2) is 24.5 Å². The van der Waals surface area contributed by atoms with Crippen molar-refractivity contribution in [2.45, 2.75) is 37.5 Å². The summed E-state index contributed by atoms with van der Waals surface area (Å²) in [6.07, 6.45) is 8.17. The van der Waals surface area contributed by atoms with E-state index in [0.29, 0.717) is 17.1 Å². The van der Waals surface area contributed by atoms with Crippen molar-refractivity contribution >= 4 is 34.9 Å². The SMILES string of the molecule is N=Cc1cc(Cl)c(N2CCN3CC(O)CC3C2)cc1Nc1cnn(C2CC2)c1. The molecule has 8 heteroatoms. The van der Waals surface area contributed by atoms with Gasteiger partial charge in [-0.3, -0.25) is 9.58 Å². The van der Waals surface area contributed by atoms with E-state index < -0.39 is 0 Å². The van der Waals surface area contributed by atoms with Crippen LogP contribution >= 0.6 is 11.6 Å². The summed E-state index contributed by atoms with van der Waals surface area (Å²) in [5.41, 5.74) is 3.51. The number of anilines is 3. The van der Waals surface area contributed by atoms with Gasteiger partial charge in [0.25, 0.3) is 0 Å². The minimum Gasteiger partial charge on any atom is -0.392 e. The maximum absolute atomic E-state index is 9.96. The van der Waals surface area contributed by atoms with Crippen LogP contribution in [0.3, 0.4) is 0 Å². The molecule has 3 N–H and O–H groups in total. The molecular formula is C20H25ClN6O. The van der Waals surface area contributed by atoms with E-state index in [4.69, 9.17) is 17.0 Å². The number of nitrogens with zero attached hydrogens (tertiary/aromatic N) is 4. The van der Waals surface area contributed by atoms with Crippen molar-refractivity contribution in [1.82, 2.24) is 14.7 Å². The van der Waals surface area contributed by atoms with E-state index in [1.807, 2.05) is 29.2 Å². The topological polar surface area (TPSA) is 80.4 Å². The fraction of sp³-hybridized carbons (Fsp3) is 0.500. The number of rotatable bonds is 5. The number of aliphatic hydroxyl groups is 1. The van der Waals surface area contributed by atoms with Crippen molar-refractivity contribution < 1.29 is 5.11 Å². The van der Waals surface area contributed by atoms with Gasteiger partial charge in [0, 0.05) is 55.9 Å². The molecule has 7 nitrogen and oxygen atoms in total. The average Bonchev–Trinajstić information content (AvgIpc) is 3.31. The fourth-order valence-electron chi connectivity index (χ4n) is 4.38. The molecule has 3 heterocycles. The zero-order chi connectivity index (χ0) is 19.3. The Morgan fingerprint density at radius 1 is 1.21 bits per heavy atom. The minimum atomic E-state index is -0.221. The second kappa shape index (κ2) is 7.06. The highest BCUT2D eigenvalue weighted by atomic mass is 35.5. The van der Waals surface area contributed by atoms with E-state index in [2.05, 4.69) is 20.2 Å². The largest absolute Gasteiger partial charge is 0.392 e. The van der Waals surface area contributed by atoms with E-state index in [9.17, 15) is 5.11 Å². The first-order chi connectivity index (χ1) is 13.6. The fourth-order valence-corrected chi connectivity index (χ4v) is 4.67. The Balaban J connectivity index is 1.40. The molecule has 0 spiro atoms. The van der Waals surface area contributed by atoms with Gasteiger partial charge in [0.2, 0.25) is 0 Å². The molecule has 2 saturated heterocycles. The summed E-state index contributed by atoms with van der Waals surface area (Å²) >= 11 is 6.59. The summed E-state index contributed by atoms with van der Waals surface area (Å²) in [6.45, 7) is 3.45. The number of hydrogen-bond acceptors (Lipinski definition) is 6. The monoisotopic (exact) mass is 400 g/mol. The Labute approximate surface area is 169 Å². The maximum atomic E-state index is 9.96. The van der Waals surface area contributed by atoms with Crippen molar-refractivity contribution in [2.75, 3.05) is 36.4 Å². The predicted molar refractivity (Wildman–Crippen MR) is 111 cm³/mol. The Kier molecular flexibility index (Phi) is 4.53. The minimum absolute atomic E-state index is 0.221. The summed E-state index contributed by atoms with van der Waals surface area (Å²) in [5, 5.41) is 26.2. The summed E-state index contributed by atoms with van der Waals surface area (Å²) < 4.78 is 2.01. The lowest BCUT2D eigenvalue weighted by molar-refractivity contribution is 0.173. The van der Waals surface area contributed by atoms with E-state index in [1.54, 1.807) is 0 Å². The molecule has 2 atom stereocenters. The third-order valence-corrected chi connectivity index (χ3v) is 6.31. The Morgan fingerprint density at radius 3 is 2.86 bits per heavy atom. The van der Waals surface area contributed by atoms with Crippen LogP contribution in [0.4, 0.5) is 17.1 Å². The van der Waals surface area contributed by atoms with Gasteiger partial charge in [0.1, 0.15) is 0 Å². The average molecular weight is 401 g/mol. The molecule has 0 amide bonds. The maximum Gasteiger partial charge on any atom is 0.0770 e. The van der Waals surface area contributed by atoms with Gasteiger partial charge < -0.3 is 20.7 Å². The number of fused-ring (bicyclic) bond motifs is 1. The summed E-state index contributed by atoms with van der Waals surface area (Å²) in [7, 11) is 0. The highest BCUT2D eigenvalue weighted by molar-refractivity contribution is 6.33. The lowest BCUT2D eigenvalue weighted by Gasteiger charge is -2.39. The van der Waals surface area contributed by atoms with E-state index in [1.165, 1.54) is 19.1 Å². The molecule has 1 aromatic heterocycles. The van der Waals surface area contributed by atoms with Gasteiger partial charge in [-0.15, -0.1) is 0 Å². The first-order valence-corrected chi connectivity index (χ1v) is 10.3. The number of aliphatic hydroxyl groups excluding tert-OH is 1. The standard InChI is InChI=1S/C20H25ClN6O/c21-18-5-13(8-22)19(24-14-9-23-27(10-14)15-1-2-15)7-20(18)26-4-3-25-12-17(28)6-16(25)11-26/h5,7-10,15-17,22,24,28H,1-4,6,11-12H2. The van der Waals surface area contributed by atoms with Crippen molar-refractivity contribution in [2.24, 2.45) is 0 Å². The van der Waals surface area contributed by atoms with Gasteiger partial charge in [0.15, 0.2) is 0 Å². The quantitative estimate of drug-likeness (QED) is 0.672. The van der Waals surface area contributed by atoms with Crippen LogP contribution in [-0.2, 0) is 0 Å². The van der Waals surface area contributed by atoms with Gasteiger partial charge in [0.05, 0.1) is 34.7 Å². The summed E-state index contributed by atoms with van der Waals surface area (Å²) in [4.78, 5) is 4.67. The molecule has 3 aliphatic rings. The van der Waals surface area contributed by atoms with Gasteiger partial charge in [-0.1, -0.05) is 11.6 Å². The van der Waals surface area contributed by atoms with Gasteiger partial charge in [-0.05, 0) is 31.4 Å². The van der Waals surface area contributed by atoms with Crippen molar-refractivity contribution in [1.29, 1.82) is 5.41 Å². The molecule has 1 saturated carbocycles. The van der Waals surface area contributed by atoms with Crippen LogP contribution in [0.2, 0.25) is 5.02 Å². The van der Waals surface area contributed by atoms with Crippen LogP contribution in [0, 0.1) is 5.41 Å². The van der Waals surface area contributed by atoms with E-state index in [-0.39, 0.29) is 6.10 Å².